The number of anilines is 1. The Kier molecular flexibility index (Phi) is 5.30. The fraction of sp³-hybridized carbons (Fsp3) is 0.500. The van der Waals surface area contributed by atoms with E-state index in [1.807, 2.05) is 6.92 Å². The van der Waals surface area contributed by atoms with Crippen molar-refractivity contribution in [2.24, 2.45) is 0 Å². The molecular formula is C10H14BrN3O3. The predicted molar refractivity (Wildman–Crippen MR) is 68.2 cm³/mol. The quantitative estimate of drug-likeness (QED) is 0.645. The molecule has 0 fully saturated rings. The molecular weight excluding hydrogens is 290 g/mol. The number of hydrogen-bond acceptors (Lipinski definition) is 5. The summed E-state index contributed by atoms with van der Waals surface area (Å²) in [6.45, 7) is 2.58. The number of aromatic nitrogens is 1. The zero-order valence-corrected chi connectivity index (χ0v) is 11.2. The molecule has 1 heterocycles. The summed E-state index contributed by atoms with van der Waals surface area (Å²) < 4.78 is 5.63. The minimum atomic E-state index is -0.478. The molecule has 0 radical (unpaired) electrons. The smallest absolute Gasteiger partial charge is 0.288 e. The van der Waals surface area contributed by atoms with Crippen LogP contribution < -0.4 is 5.32 Å². The van der Waals surface area contributed by atoms with E-state index in [4.69, 9.17) is 4.74 Å². The summed E-state index contributed by atoms with van der Waals surface area (Å²) >= 11 is 3.25. The third-order valence-electron chi connectivity index (χ3n) is 2.24. The molecule has 0 aliphatic heterocycles. The zero-order valence-electron chi connectivity index (χ0n) is 9.64. The van der Waals surface area contributed by atoms with Crippen molar-refractivity contribution in [3.05, 3.63) is 26.9 Å². The van der Waals surface area contributed by atoms with E-state index in [2.05, 4.69) is 26.2 Å². The first kappa shape index (κ1) is 13.9. The fourth-order valence-electron chi connectivity index (χ4n) is 1.29. The Bertz CT molecular complexity index is 400. The number of nitrogens with one attached hydrogen (secondary N) is 1. The van der Waals surface area contributed by atoms with Crippen LogP contribution in [0.2, 0.25) is 0 Å². The van der Waals surface area contributed by atoms with E-state index in [0.717, 1.165) is 6.42 Å². The van der Waals surface area contributed by atoms with Crippen LogP contribution in [0.25, 0.3) is 0 Å². The van der Waals surface area contributed by atoms with E-state index < -0.39 is 4.92 Å². The highest BCUT2D eigenvalue weighted by molar-refractivity contribution is 9.10. The molecule has 1 aromatic rings. The molecule has 6 nitrogen and oxygen atoms in total. The third-order valence-corrected chi connectivity index (χ3v) is 2.84. The normalized spacial score (nSPS) is 12.2. The molecule has 1 rings (SSSR count). The summed E-state index contributed by atoms with van der Waals surface area (Å²) in [5.41, 5.74) is -0.0396. The lowest BCUT2D eigenvalue weighted by Crippen LogP contribution is -2.24. The second-order valence-corrected chi connectivity index (χ2v) is 4.34. The van der Waals surface area contributed by atoms with Gasteiger partial charge in [-0.25, -0.2) is 4.98 Å². The number of halogens is 1. The third kappa shape index (κ3) is 3.94. The monoisotopic (exact) mass is 303 g/mol. The van der Waals surface area contributed by atoms with Crippen molar-refractivity contribution in [1.82, 2.24) is 4.98 Å². The van der Waals surface area contributed by atoms with Crippen LogP contribution in [0.15, 0.2) is 16.7 Å². The van der Waals surface area contributed by atoms with Gasteiger partial charge in [0, 0.05) is 13.2 Å². The van der Waals surface area contributed by atoms with Crippen LogP contribution in [-0.2, 0) is 4.74 Å². The van der Waals surface area contributed by atoms with Crippen molar-refractivity contribution in [3.63, 3.8) is 0 Å². The largest absolute Gasteiger partial charge is 0.383 e. The van der Waals surface area contributed by atoms with Crippen molar-refractivity contribution in [3.8, 4) is 0 Å². The highest BCUT2D eigenvalue weighted by atomic mass is 79.9. The van der Waals surface area contributed by atoms with Crippen molar-refractivity contribution in [2.75, 3.05) is 19.0 Å². The maximum absolute atomic E-state index is 10.5. The topological polar surface area (TPSA) is 77.3 Å². The van der Waals surface area contributed by atoms with Crippen molar-refractivity contribution < 1.29 is 9.66 Å². The molecule has 0 aliphatic carbocycles. The van der Waals surface area contributed by atoms with Gasteiger partial charge < -0.3 is 10.1 Å². The van der Waals surface area contributed by atoms with Crippen LogP contribution in [-0.4, -0.2) is 29.7 Å². The van der Waals surface area contributed by atoms with Crippen molar-refractivity contribution in [1.29, 1.82) is 0 Å². The lowest BCUT2D eigenvalue weighted by molar-refractivity contribution is -0.385. The van der Waals surface area contributed by atoms with Gasteiger partial charge in [0.25, 0.3) is 5.69 Å². The lowest BCUT2D eigenvalue weighted by Gasteiger charge is -2.17. The molecule has 0 amide bonds. The summed E-state index contributed by atoms with van der Waals surface area (Å²) in [5.74, 6) is 0.583. The molecule has 0 saturated carbocycles. The van der Waals surface area contributed by atoms with E-state index in [1.54, 1.807) is 7.11 Å². The standard InChI is InChI=1S/C10H14BrN3O3/c1-3-7(6-17-2)13-10-9(11)4-8(5-12-10)14(15)16/h4-5,7H,3,6H2,1-2H3,(H,12,13). The summed E-state index contributed by atoms with van der Waals surface area (Å²) in [7, 11) is 1.63. The number of pyridine rings is 1. The molecule has 1 unspecified atom stereocenters. The molecule has 0 spiro atoms. The Morgan fingerprint density at radius 2 is 2.41 bits per heavy atom. The van der Waals surface area contributed by atoms with Crippen LogP contribution >= 0.6 is 15.9 Å². The Hall–Kier alpha value is -1.21. The van der Waals surface area contributed by atoms with Gasteiger partial charge in [-0.3, -0.25) is 10.1 Å². The molecule has 1 atom stereocenters. The lowest BCUT2D eigenvalue weighted by atomic mass is 10.2. The van der Waals surface area contributed by atoms with Crippen molar-refractivity contribution in [2.45, 2.75) is 19.4 Å². The highest BCUT2D eigenvalue weighted by Gasteiger charge is 2.13. The molecule has 0 saturated heterocycles. The Morgan fingerprint density at radius 1 is 1.71 bits per heavy atom. The van der Waals surface area contributed by atoms with E-state index >= 15 is 0 Å². The number of nitrogens with zero attached hydrogens (tertiary/aromatic N) is 2. The van der Waals surface area contributed by atoms with Crippen LogP contribution in [0.5, 0.6) is 0 Å². The van der Waals surface area contributed by atoms with Crippen LogP contribution in [0.4, 0.5) is 11.5 Å². The predicted octanol–water partition coefficient (Wildman–Crippen LogP) is 2.59. The van der Waals surface area contributed by atoms with Crippen LogP contribution in [0.3, 0.4) is 0 Å². The molecule has 0 aromatic carbocycles. The maximum Gasteiger partial charge on any atom is 0.288 e. The summed E-state index contributed by atoms with van der Waals surface area (Å²) in [6, 6.07) is 1.56. The second-order valence-electron chi connectivity index (χ2n) is 3.49. The van der Waals surface area contributed by atoms with Crippen LogP contribution in [0.1, 0.15) is 13.3 Å². The maximum atomic E-state index is 10.5. The van der Waals surface area contributed by atoms with Crippen LogP contribution in [0, 0.1) is 10.1 Å². The number of rotatable bonds is 6. The van der Waals surface area contributed by atoms with E-state index in [-0.39, 0.29) is 11.7 Å². The first-order valence-corrected chi connectivity index (χ1v) is 5.93. The SMILES string of the molecule is CCC(COC)Nc1ncc([N+](=O)[O-])cc1Br. The number of nitro groups is 1. The first-order valence-electron chi connectivity index (χ1n) is 5.13. The second kappa shape index (κ2) is 6.51. The molecule has 17 heavy (non-hydrogen) atoms. The Labute approximate surface area is 108 Å². The number of hydrogen-bond donors (Lipinski definition) is 1. The van der Waals surface area contributed by atoms with Crippen molar-refractivity contribution >= 4 is 27.4 Å². The van der Waals surface area contributed by atoms with E-state index in [1.165, 1.54) is 12.3 Å². The average Bonchev–Trinajstić information content (AvgIpc) is 2.30. The first-order chi connectivity index (χ1) is 8.08. The summed E-state index contributed by atoms with van der Waals surface area (Å²) in [4.78, 5) is 14.1. The average molecular weight is 304 g/mol. The molecule has 0 aliphatic rings. The molecule has 0 bridgehead atoms. The Balaban J connectivity index is 2.81. The van der Waals surface area contributed by atoms with Gasteiger partial charge >= 0.3 is 0 Å². The highest BCUT2D eigenvalue weighted by Crippen LogP contribution is 2.25. The van der Waals surface area contributed by atoms with Gasteiger partial charge in [0.2, 0.25) is 0 Å². The van der Waals surface area contributed by atoms with Gasteiger partial charge in [0.1, 0.15) is 12.0 Å². The Morgan fingerprint density at radius 3 is 2.88 bits per heavy atom. The number of methoxy groups -OCH3 is 1. The fourth-order valence-corrected chi connectivity index (χ4v) is 1.74. The van der Waals surface area contributed by atoms with E-state index in [0.29, 0.717) is 16.9 Å². The van der Waals surface area contributed by atoms with Gasteiger partial charge in [0.05, 0.1) is 22.0 Å². The molecule has 1 N–H and O–H groups in total. The zero-order chi connectivity index (χ0) is 12.8. The molecule has 94 valence electrons. The minimum Gasteiger partial charge on any atom is -0.383 e. The van der Waals surface area contributed by atoms with Gasteiger partial charge in [-0.15, -0.1) is 0 Å². The van der Waals surface area contributed by atoms with E-state index in [9.17, 15) is 10.1 Å². The summed E-state index contributed by atoms with van der Waals surface area (Å²) in [6.07, 6.45) is 2.10. The molecule has 1 aromatic heterocycles. The van der Waals surface area contributed by atoms with Gasteiger partial charge in [-0.2, -0.15) is 0 Å². The number of ether oxygens (including phenoxy) is 1. The van der Waals surface area contributed by atoms with Gasteiger partial charge in [-0.05, 0) is 22.4 Å². The molecule has 7 heteroatoms. The van der Waals surface area contributed by atoms with Gasteiger partial charge in [-0.1, -0.05) is 6.92 Å². The van der Waals surface area contributed by atoms with Gasteiger partial charge in [0.15, 0.2) is 0 Å². The summed E-state index contributed by atoms with van der Waals surface area (Å²) in [5, 5.41) is 13.7. The minimum absolute atomic E-state index is 0.0396.